The normalized spacial score (nSPS) is 19.2. The zero-order valence-corrected chi connectivity index (χ0v) is 15.8. The minimum absolute atomic E-state index is 0.185. The van der Waals surface area contributed by atoms with Crippen molar-refractivity contribution in [3.05, 3.63) is 29.6 Å². The Morgan fingerprint density at radius 2 is 1.96 bits per heavy atom. The summed E-state index contributed by atoms with van der Waals surface area (Å²) in [6.45, 7) is 13.5. The molecule has 4 nitrogen and oxygen atoms in total. The first-order chi connectivity index (χ1) is 11.4. The number of nitrogens with zero attached hydrogens (tertiary/aromatic N) is 2. The van der Waals surface area contributed by atoms with E-state index in [1.165, 1.54) is 19.4 Å². The van der Waals surface area contributed by atoms with Gasteiger partial charge in [-0.15, -0.1) is 0 Å². The predicted octanol–water partition coefficient (Wildman–Crippen LogP) is 3.45. The van der Waals surface area contributed by atoms with E-state index in [9.17, 15) is 5.11 Å². The standard InChI is InChI=1S/C20H34N2O2/c1-16(7-6-10-22-11-13-24-14-12-22)15-17-8-5-9-18(21-17)19(23)20(2,3)4/h5,8-9,16,19,23H,6-7,10-15H2,1-4H3. The molecule has 1 aliphatic heterocycles. The van der Waals surface area contributed by atoms with Crippen LogP contribution in [-0.2, 0) is 11.2 Å². The van der Waals surface area contributed by atoms with Crippen molar-refractivity contribution in [1.82, 2.24) is 9.88 Å². The number of aliphatic hydroxyl groups excluding tert-OH is 1. The van der Waals surface area contributed by atoms with Gasteiger partial charge < -0.3 is 9.84 Å². The zero-order valence-electron chi connectivity index (χ0n) is 15.8. The van der Waals surface area contributed by atoms with Crippen LogP contribution in [0.4, 0.5) is 0 Å². The summed E-state index contributed by atoms with van der Waals surface area (Å²) in [5.74, 6) is 0.612. The van der Waals surface area contributed by atoms with Crippen molar-refractivity contribution in [2.24, 2.45) is 11.3 Å². The van der Waals surface area contributed by atoms with Crippen LogP contribution in [0.2, 0.25) is 0 Å². The molecule has 0 bridgehead atoms. The van der Waals surface area contributed by atoms with Gasteiger partial charge in [-0.2, -0.15) is 0 Å². The molecule has 1 saturated heterocycles. The summed E-state index contributed by atoms with van der Waals surface area (Å²) in [6, 6.07) is 6.03. The Kier molecular flexibility index (Phi) is 7.20. The van der Waals surface area contributed by atoms with Crippen molar-refractivity contribution < 1.29 is 9.84 Å². The fraction of sp³-hybridized carbons (Fsp3) is 0.750. The van der Waals surface area contributed by atoms with E-state index in [0.29, 0.717) is 5.92 Å². The van der Waals surface area contributed by atoms with E-state index in [0.717, 1.165) is 44.1 Å². The Morgan fingerprint density at radius 1 is 1.25 bits per heavy atom. The molecule has 0 amide bonds. The highest BCUT2D eigenvalue weighted by atomic mass is 16.5. The molecule has 1 aromatic heterocycles. The minimum Gasteiger partial charge on any atom is -0.386 e. The third-order valence-corrected chi connectivity index (χ3v) is 4.76. The van der Waals surface area contributed by atoms with E-state index in [1.807, 2.05) is 32.9 Å². The number of morpholine rings is 1. The van der Waals surface area contributed by atoms with Crippen molar-refractivity contribution >= 4 is 0 Å². The largest absolute Gasteiger partial charge is 0.386 e. The lowest BCUT2D eigenvalue weighted by Gasteiger charge is -2.27. The lowest BCUT2D eigenvalue weighted by molar-refractivity contribution is 0.0367. The van der Waals surface area contributed by atoms with Crippen LogP contribution >= 0.6 is 0 Å². The molecule has 1 N–H and O–H groups in total. The minimum atomic E-state index is -0.519. The summed E-state index contributed by atoms with van der Waals surface area (Å²) in [6.07, 6.45) is 2.90. The highest BCUT2D eigenvalue weighted by Crippen LogP contribution is 2.31. The van der Waals surface area contributed by atoms with Crippen molar-refractivity contribution in [2.75, 3.05) is 32.8 Å². The molecule has 2 atom stereocenters. The maximum atomic E-state index is 10.4. The smallest absolute Gasteiger partial charge is 0.101 e. The van der Waals surface area contributed by atoms with Gasteiger partial charge in [0.15, 0.2) is 0 Å². The molecule has 1 fully saturated rings. The number of rotatable bonds is 7. The molecule has 136 valence electrons. The first-order valence-corrected chi connectivity index (χ1v) is 9.30. The summed E-state index contributed by atoms with van der Waals surface area (Å²) < 4.78 is 5.39. The Hall–Kier alpha value is -0.970. The Morgan fingerprint density at radius 3 is 2.62 bits per heavy atom. The molecule has 1 aliphatic rings. The second-order valence-corrected chi connectivity index (χ2v) is 8.23. The molecule has 2 heterocycles. The number of hydrogen-bond donors (Lipinski definition) is 1. The zero-order chi connectivity index (χ0) is 17.6. The van der Waals surface area contributed by atoms with Crippen LogP contribution in [0.1, 0.15) is 58.0 Å². The molecule has 1 aromatic rings. The summed E-state index contributed by atoms with van der Waals surface area (Å²) >= 11 is 0. The fourth-order valence-electron chi connectivity index (χ4n) is 3.15. The van der Waals surface area contributed by atoms with Crippen LogP contribution < -0.4 is 0 Å². The molecule has 0 aromatic carbocycles. The fourth-order valence-corrected chi connectivity index (χ4v) is 3.15. The van der Waals surface area contributed by atoms with E-state index < -0.39 is 6.10 Å². The van der Waals surface area contributed by atoms with Crippen LogP contribution in [0.25, 0.3) is 0 Å². The number of aliphatic hydroxyl groups is 1. The van der Waals surface area contributed by atoms with Gasteiger partial charge in [0.25, 0.3) is 0 Å². The Labute approximate surface area is 147 Å². The third-order valence-electron chi connectivity index (χ3n) is 4.76. The second kappa shape index (κ2) is 8.93. The first-order valence-electron chi connectivity index (χ1n) is 9.30. The summed E-state index contributed by atoms with van der Waals surface area (Å²) in [5, 5.41) is 10.4. The maximum Gasteiger partial charge on any atom is 0.101 e. The highest BCUT2D eigenvalue weighted by molar-refractivity contribution is 5.15. The molecule has 2 rings (SSSR count). The topological polar surface area (TPSA) is 45.6 Å². The lowest BCUT2D eigenvalue weighted by atomic mass is 9.87. The number of hydrogen-bond acceptors (Lipinski definition) is 4. The Bertz CT molecular complexity index is 493. The van der Waals surface area contributed by atoms with Crippen molar-refractivity contribution in [3.63, 3.8) is 0 Å². The van der Waals surface area contributed by atoms with E-state index in [1.54, 1.807) is 0 Å². The third kappa shape index (κ3) is 6.15. The number of ether oxygens (including phenoxy) is 1. The van der Waals surface area contributed by atoms with Gasteiger partial charge in [-0.25, -0.2) is 0 Å². The molecule has 2 unspecified atom stereocenters. The van der Waals surface area contributed by atoms with Gasteiger partial charge in [0.2, 0.25) is 0 Å². The van der Waals surface area contributed by atoms with Crippen molar-refractivity contribution in [1.29, 1.82) is 0 Å². The van der Waals surface area contributed by atoms with Gasteiger partial charge in [-0.05, 0) is 49.3 Å². The molecule has 24 heavy (non-hydrogen) atoms. The van der Waals surface area contributed by atoms with Crippen LogP contribution in [0, 0.1) is 11.3 Å². The van der Waals surface area contributed by atoms with Crippen LogP contribution in [0.3, 0.4) is 0 Å². The lowest BCUT2D eigenvalue weighted by Crippen LogP contribution is -2.36. The summed E-state index contributed by atoms with van der Waals surface area (Å²) in [7, 11) is 0. The maximum absolute atomic E-state index is 10.4. The quantitative estimate of drug-likeness (QED) is 0.829. The number of pyridine rings is 1. The molecule has 0 aliphatic carbocycles. The average Bonchev–Trinajstić information content (AvgIpc) is 2.54. The van der Waals surface area contributed by atoms with Crippen molar-refractivity contribution in [3.8, 4) is 0 Å². The summed E-state index contributed by atoms with van der Waals surface area (Å²) in [4.78, 5) is 7.19. The predicted molar refractivity (Wildman–Crippen MR) is 98.0 cm³/mol. The molecular weight excluding hydrogens is 300 g/mol. The molecular formula is C20H34N2O2. The van der Waals surface area contributed by atoms with Crippen LogP contribution in [0.15, 0.2) is 18.2 Å². The van der Waals surface area contributed by atoms with E-state index in [2.05, 4.69) is 17.9 Å². The highest BCUT2D eigenvalue weighted by Gasteiger charge is 2.25. The molecule has 0 spiro atoms. The van der Waals surface area contributed by atoms with Gasteiger partial charge in [0, 0.05) is 18.8 Å². The second-order valence-electron chi connectivity index (χ2n) is 8.23. The first kappa shape index (κ1) is 19.4. The molecule has 0 saturated carbocycles. The van der Waals surface area contributed by atoms with Crippen LogP contribution in [-0.4, -0.2) is 47.8 Å². The monoisotopic (exact) mass is 334 g/mol. The SMILES string of the molecule is CC(CCCN1CCOCC1)Cc1cccc(C(O)C(C)(C)C)n1. The van der Waals surface area contributed by atoms with Crippen LogP contribution in [0.5, 0.6) is 0 Å². The van der Waals surface area contributed by atoms with Gasteiger partial charge in [-0.3, -0.25) is 9.88 Å². The van der Waals surface area contributed by atoms with E-state index in [4.69, 9.17) is 9.72 Å². The van der Waals surface area contributed by atoms with Gasteiger partial charge in [0.1, 0.15) is 6.10 Å². The van der Waals surface area contributed by atoms with Gasteiger partial charge in [-0.1, -0.05) is 33.8 Å². The number of aromatic nitrogens is 1. The Balaban J connectivity index is 1.79. The molecule has 4 heteroatoms. The van der Waals surface area contributed by atoms with Crippen molar-refractivity contribution in [2.45, 2.75) is 53.1 Å². The van der Waals surface area contributed by atoms with Gasteiger partial charge in [0.05, 0.1) is 18.9 Å². The van der Waals surface area contributed by atoms with Gasteiger partial charge >= 0.3 is 0 Å². The average molecular weight is 335 g/mol. The van der Waals surface area contributed by atoms with E-state index >= 15 is 0 Å². The summed E-state index contributed by atoms with van der Waals surface area (Å²) in [5.41, 5.74) is 1.70. The van der Waals surface area contributed by atoms with E-state index in [-0.39, 0.29) is 5.41 Å². The molecule has 0 radical (unpaired) electrons.